The lowest BCUT2D eigenvalue weighted by atomic mass is 10.1. The molecule has 0 aliphatic carbocycles. The minimum atomic E-state index is -0.387. The van der Waals surface area contributed by atoms with E-state index in [1.54, 1.807) is 43.2 Å². The molecule has 0 aliphatic heterocycles. The van der Waals surface area contributed by atoms with Crippen molar-refractivity contribution in [2.24, 2.45) is 0 Å². The smallest absolute Gasteiger partial charge is 0.338 e. The first kappa shape index (κ1) is 26.6. The molecule has 3 aromatic carbocycles. The quantitative estimate of drug-likeness (QED) is 0.320. The Morgan fingerprint density at radius 3 is 2.28 bits per heavy atom. The van der Waals surface area contributed by atoms with Crippen LogP contribution in [-0.2, 0) is 17.9 Å². The topological polar surface area (TPSA) is 77.1 Å². The summed E-state index contributed by atoms with van der Waals surface area (Å²) in [7, 11) is 1.60. The Balaban J connectivity index is 1.70. The summed E-state index contributed by atoms with van der Waals surface area (Å²) in [6, 6.07) is 22.1. The molecule has 0 spiro atoms. The zero-order valence-electron chi connectivity index (χ0n) is 21.3. The number of nitrogens with zero attached hydrogens (tertiary/aromatic N) is 1. The Hall–Kier alpha value is -4.00. The van der Waals surface area contributed by atoms with Crippen LogP contribution in [0.5, 0.6) is 11.5 Å². The number of rotatable bonds is 11. The molecular formula is C29H34N2O5. The first-order valence-electron chi connectivity index (χ1n) is 12.1. The number of carbonyl (C=O) groups excluding carboxylic acids is 2. The minimum Gasteiger partial charge on any atom is -0.493 e. The minimum absolute atomic E-state index is 0.00353. The van der Waals surface area contributed by atoms with E-state index in [2.05, 4.69) is 5.32 Å². The van der Waals surface area contributed by atoms with Gasteiger partial charge in [-0.25, -0.2) is 9.59 Å². The van der Waals surface area contributed by atoms with Crippen molar-refractivity contribution < 1.29 is 23.8 Å². The summed E-state index contributed by atoms with van der Waals surface area (Å²) in [5.41, 5.74) is 3.03. The molecule has 0 fully saturated rings. The molecule has 1 atom stereocenters. The van der Waals surface area contributed by atoms with Crippen molar-refractivity contribution in [2.45, 2.75) is 46.4 Å². The number of carbonyl (C=O) groups is 2. The summed E-state index contributed by atoms with van der Waals surface area (Å²) in [4.78, 5) is 26.8. The molecule has 7 heteroatoms. The van der Waals surface area contributed by atoms with Crippen LogP contribution in [-0.4, -0.2) is 36.7 Å². The van der Waals surface area contributed by atoms with Crippen LogP contribution in [0.4, 0.5) is 10.5 Å². The molecule has 0 heterocycles. The summed E-state index contributed by atoms with van der Waals surface area (Å²) < 4.78 is 16.5. The molecule has 2 amide bonds. The SMILES string of the molecule is CCOC(=O)c1ccc(NC(=O)N(Cc2ccc(OCc3ccccc3)c(OC)c2)C(C)CC)cc1. The zero-order valence-corrected chi connectivity index (χ0v) is 21.3. The molecule has 0 saturated carbocycles. The lowest BCUT2D eigenvalue weighted by molar-refractivity contribution is 0.0526. The monoisotopic (exact) mass is 490 g/mol. The fourth-order valence-corrected chi connectivity index (χ4v) is 3.61. The molecule has 0 saturated heterocycles. The number of hydrogen-bond donors (Lipinski definition) is 1. The van der Waals surface area contributed by atoms with Gasteiger partial charge in [0.25, 0.3) is 0 Å². The van der Waals surface area contributed by atoms with E-state index in [1.165, 1.54) is 0 Å². The van der Waals surface area contributed by atoms with Crippen molar-refractivity contribution in [3.05, 3.63) is 89.5 Å². The van der Waals surface area contributed by atoms with Crippen molar-refractivity contribution in [3.8, 4) is 11.5 Å². The third kappa shape index (κ3) is 7.25. The van der Waals surface area contributed by atoms with E-state index in [1.807, 2.05) is 62.4 Å². The second-order valence-corrected chi connectivity index (χ2v) is 8.37. The van der Waals surface area contributed by atoms with Crippen molar-refractivity contribution in [2.75, 3.05) is 19.0 Å². The number of ether oxygens (including phenoxy) is 3. The highest BCUT2D eigenvalue weighted by Crippen LogP contribution is 2.30. The average molecular weight is 491 g/mol. The maximum Gasteiger partial charge on any atom is 0.338 e. The molecule has 0 aromatic heterocycles. The Bertz CT molecular complexity index is 1130. The lowest BCUT2D eigenvalue weighted by Gasteiger charge is -2.29. The highest BCUT2D eigenvalue weighted by atomic mass is 16.5. The number of benzene rings is 3. The number of esters is 1. The fourth-order valence-electron chi connectivity index (χ4n) is 3.61. The van der Waals surface area contributed by atoms with Gasteiger partial charge >= 0.3 is 12.0 Å². The van der Waals surface area contributed by atoms with Crippen LogP contribution in [0.2, 0.25) is 0 Å². The van der Waals surface area contributed by atoms with Crippen LogP contribution in [0.15, 0.2) is 72.8 Å². The Labute approximate surface area is 213 Å². The van der Waals surface area contributed by atoms with E-state index in [0.717, 1.165) is 17.5 Å². The van der Waals surface area contributed by atoms with Gasteiger partial charge in [-0.05, 0) is 67.8 Å². The third-order valence-corrected chi connectivity index (χ3v) is 5.85. The summed E-state index contributed by atoms with van der Waals surface area (Å²) in [6.07, 6.45) is 0.796. The molecule has 3 aromatic rings. The van der Waals surface area contributed by atoms with E-state index >= 15 is 0 Å². The van der Waals surface area contributed by atoms with Crippen molar-refractivity contribution >= 4 is 17.7 Å². The van der Waals surface area contributed by atoms with Crippen LogP contribution >= 0.6 is 0 Å². The highest BCUT2D eigenvalue weighted by Gasteiger charge is 2.20. The van der Waals surface area contributed by atoms with Crippen molar-refractivity contribution in [1.82, 2.24) is 4.90 Å². The number of hydrogen-bond acceptors (Lipinski definition) is 5. The largest absolute Gasteiger partial charge is 0.493 e. The molecule has 3 rings (SSSR count). The van der Waals surface area contributed by atoms with Crippen LogP contribution in [0, 0.1) is 0 Å². The van der Waals surface area contributed by atoms with Gasteiger partial charge in [-0.3, -0.25) is 0 Å². The molecule has 190 valence electrons. The molecule has 1 N–H and O–H groups in total. The first-order valence-corrected chi connectivity index (χ1v) is 12.1. The molecule has 7 nitrogen and oxygen atoms in total. The molecule has 1 unspecified atom stereocenters. The van der Waals surface area contributed by atoms with E-state index in [4.69, 9.17) is 14.2 Å². The second kappa shape index (κ2) is 13.2. The Morgan fingerprint density at radius 2 is 1.64 bits per heavy atom. The number of nitrogens with one attached hydrogen (secondary N) is 1. The third-order valence-electron chi connectivity index (χ3n) is 5.85. The molecule has 0 bridgehead atoms. The van der Waals surface area contributed by atoms with Crippen LogP contribution in [0.1, 0.15) is 48.7 Å². The fraction of sp³-hybridized carbons (Fsp3) is 0.310. The van der Waals surface area contributed by atoms with E-state index < -0.39 is 0 Å². The van der Waals surface area contributed by atoms with E-state index in [9.17, 15) is 9.59 Å². The van der Waals surface area contributed by atoms with Crippen molar-refractivity contribution in [1.29, 1.82) is 0 Å². The number of methoxy groups -OCH3 is 1. The van der Waals surface area contributed by atoms with Gasteiger partial charge in [0.15, 0.2) is 11.5 Å². The lowest BCUT2D eigenvalue weighted by Crippen LogP contribution is -2.40. The van der Waals surface area contributed by atoms with Gasteiger partial charge in [0, 0.05) is 18.3 Å². The van der Waals surface area contributed by atoms with Crippen molar-refractivity contribution in [3.63, 3.8) is 0 Å². The summed E-state index contributed by atoms with van der Waals surface area (Å²) in [5.74, 6) is 0.871. The van der Waals surface area contributed by atoms with Gasteiger partial charge in [-0.15, -0.1) is 0 Å². The van der Waals surface area contributed by atoms with E-state index in [-0.39, 0.29) is 18.0 Å². The molecule has 0 aliphatic rings. The molecule has 36 heavy (non-hydrogen) atoms. The summed E-state index contributed by atoms with van der Waals surface area (Å²) in [5, 5.41) is 2.93. The predicted octanol–water partition coefficient (Wildman–Crippen LogP) is 6.28. The first-order chi connectivity index (χ1) is 17.4. The van der Waals surface area contributed by atoms with E-state index in [0.29, 0.717) is 42.5 Å². The van der Waals surface area contributed by atoms with Gasteiger partial charge in [0.2, 0.25) is 0 Å². The highest BCUT2D eigenvalue weighted by molar-refractivity contribution is 5.92. The van der Waals surface area contributed by atoms with Gasteiger partial charge < -0.3 is 24.4 Å². The van der Waals surface area contributed by atoms with Gasteiger partial charge in [0.1, 0.15) is 6.61 Å². The Kier molecular flexibility index (Phi) is 9.74. The summed E-state index contributed by atoms with van der Waals surface area (Å²) in [6.45, 7) is 6.96. The number of urea groups is 1. The van der Waals surface area contributed by atoms with Crippen LogP contribution in [0.3, 0.4) is 0 Å². The average Bonchev–Trinajstić information content (AvgIpc) is 2.91. The second-order valence-electron chi connectivity index (χ2n) is 8.37. The molecule has 0 radical (unpaired) electrons. The standard InChI is InChI=1S/C29H34N2O5/c1-5-21(3)31(29(33)30-25-15-13-24(14-16-25)28(32)35-6-2)19-23-12-17-26(27(18-23)34-4)36-20-22-10-8-7-9-11-22/h7-18,21H,5-6,19-20H2,1-4H3,(H,30,33). The van der Waals surface area contributed by atoms with Gasteiger partial charge in [-0.1, -0.05) is 43.3 Å². The zero-order chi connectivity index (χ0) is 25.9. The maximum absolute atomic E-state index is 13.2. The van der Waals surface area contributed by atoms with Gasteiger partial charge in [0.05, 0.1) is 19.3 Å². The number of anilines is 1. The summed E-state index contributed by atoms with van der Waals surface area (Å²) >= 11 is 0. The Morgan fingerprint density at radius 1 is 0.917 bits per heavy atom. The van der Waals surface area contributed by atoms with Crippen LogP contribution in [0.25, 0.3) is 0 Å². The van der Waals surface area contributed by atoms with Gasteiger partial charge in [-0.2, -0.15) is 0 Å². The predicted molar refractivity (Wildman–Crippen MR) is 140 cm³/mol. The maximum atomic E-state index is 13.2. The number of amides is 2. The van der Waals surface area contributed by atoms with Crippen LogP contribution < -0.4 is 14.8 Å². The normalized spacial score (nSPS) is 11.3. The molecular weight excluding hydrogens is 456 g/mol.